The third kappa shape index (κ3) is 6.14. The highest BCUT2D eigenvalue weighted by molar-refractivity contribution is 5.81. The van der Waals surface area contributed by atoms with Crippen LogP contribution in [-0.2, 0) is 26.6 Å². The lowest BCUT2D eigenvalue weighted by atomic mass is 9.96. The van der Waals surface area contributed by atoms with Crippen LogP contribution >= 0.6 is 0 Å². The Labute approximate surface area is 172 Å². The maximum Gasteiger partial charge on any atom is 0.460 e. The normalized spacial score (nSPS) is 14.0. The van der Waals surface area contributed by atoms with Gasteiger partial charge in [0.05, 0.1) is 12.7 Å². The molecular weight excluding hydrogens is 443 g/mol. The Kier molecular flexibility index (Phi) is 7.46. The van der Waals surface area contributed by atoms with Gasteiger partial charge < -0.3 is 19.9 Å². The van der Waals surface area contributed by atoms with E-state index in [0.717, 1.165) is 13.2 Å². The molecule has 1 amide bonds. The van der Waals surface area contributed by atoms with Gasteiger partial charge in [-0.1, -0.05) is 6.07 Å². The second-order valence-corrected chi connectivity index (χ2v) is 7.42. The Morgan fingerprint density at radius 2 is 1.61 bits per heavy atom. The standard InChI is InChI=1S/C18H20F7NO5/c1-15(2,3)31-14(29)26-11(13(28)30-4)8-9-5-6-12(27)10(7-9)16(19,20)17(21,22)18(23,24)25/h5-7,11,27H,8H2,1-4H3,(H,26,29). The van der Waals surface area contributed by atoms with Crippen molar-refractivity contribution < 1.29 is 54.9 Å². The molecule has 176 valence electrons. The fourth-order valence-electron chi connectivity index (χ4n) is 2.33. The number of methoxy groups -OCH3 is 1. The quantitative estimate of drug-likeness (QED) is 0.486. The fourth-order valence-corrected chi connectivity index (χ4v) is 2.33. The van der Waals surface area contributed by atoms with E-state index in [2.05, 4.69) is 10.1 Å². The molecule has 1 rings (SSSR count). The number of halogens is 7. The second kappa shape index (κ2) is 8.79. The molecule has 13 heteroatoms. The van der Waals surface area contributed by atoms with E-state index in [1.54, 1.807) is 0 Å². The predicted molar refractivity (Wildman–Crippen MR) is 91.9 cm³/mol. The number of amides is 1. The number of benzene rings is 1. The van der Waals surface area contributed by atoms with Crippen LogP contribution < -0.4 is 5.32 Å². The smallest absolute Gasteiger partial charge is 0.460 e. The Hall–Kier alpha value is -2.73. The molecule has 1 atom stereocenters. The molecule has 1 aromatic carbocycles. The topological polar surface area (TPSA) is 84.9 Å². The summed E-state index contributed by atoms with van der Waals surface area (Å²) in [6.07, 6.45) is -8.35. The summed E-state index contributed by atoms with van der Waals surface area (Å²) in [6, 6.07) is -0.0176. The van der Waals surface area contributed by atoms with E-state index < -0.39 is 59.5 Å². The number of alkyl halides is 7. The summed E-state index contributed by atoms with van der Waals surface area (Å²) in [7, 11) is 0.937. The van der Waals surface area contributed by atoms with Crippen LogP contribution in [0.2, 0.25) is 0 Å². The minimum Gasteiger partial charge on any atom is -0.507 e. The third-order valence-electron chi connectivity index (χ3n) is 3.77. The van der Waals surface area contributed by atoms with Crippen molar-refractivity contribution in [3.05, 3.63) is 29.3 Å². The van der Waals surface area contributed by atoms with Gasteiger partial charge in [0.1, 0.15) is 17.4 Å². The number of aromatic hydroxyl groups is 1. The van der Waals surface area contributed by atoms with Crippen molar-refractivity contribution in [1.29, 1.82) is 0 Å². The van der Waals surface area contributed by atoms with Crippen LogP contribution in [0.1, 0.15) is 31.9 Å². The number of phenolic OH excluding ortho intramolecular Hbond substituents is 1. The van der Waals surface area contributed by atoms with E-state index in [1.807, 2.05) is 0 Å². The minimum absolute atomic E-state index is 0.182. The van der Waals surface area contributed by atoms with Crippen LogP contribution in [0.4, 0.5) is 35.5 Å². The largest absolute Gasteiger partial charge is 0.507 e. The first-order valence-corrected chi connectivity index (χ1v) is 8.55. The maximum absolute atomic E-state index is 14.0. The number of nitrogens with one attached hydrogen (secondary N) is 1. The molecular formula is C18H20F7NO5. The number of hydrogen-bond donors (Lipinski definition) is 2. The fraction of sp³-hybridized carbons (Fsp3) is 0.556. The first kappa shape index (κ1) is 26.3. The molecule has 0 aliphatic carbocycles. The molecule has 0 radical (unpaired) electrons. The van der Waals surface area contributed by atoms with Crippen molar-refractivity contribution >= 4 is 12.1 Å². The molecule has 0 aromatic heterocycles. The molecule has 0 bridgehead atoms. The third-order valence-corrected chi connectivity index (χ3v) is 3.77. The molecule has 1 unspecified atom stereocenters. The van der Waals surface area contributed by atoms with Gasteiger partial charge in [-0.25, -0.2) is 9.59 Å². The highest BCUT2D eigenvalue weighted by Gasteiger charge is 2.74. The average Bonchev–Trinajstić information content (AvgIpc) is 2.59. The summed E-state index contributed by atoms with van der Waals surface area (Å²) in [5, 5.41) is 11.6. The molecule has 0 aliphatic heterocycles. The molecule has 0 fully saturated rings. The molecule has 0 saturated heterocycles. The van der Waals surface area contributed by atoms with Gasteiger partial charge in [-0.3, -0.25) is 0 Å². The highest BCUT2D eigenvalue weighted by Crippen LogP contribution is 2.53. The molecule has 31 heavy (non-hydrogen) atoms. The highest BCUT2D eigenvalue weighted by atomic mass is 19.4. The van der Waals surface area contributed by atoms with Crippen molar-refractivity contribution in [2.45, 2.75) is 56.9 Å². The lowest BCUT2D eigenvalue weighted by Crippen LogP contribution is -2.50. The first-order chi connectivity index (χ1) is 13.8. The van der Waals surface area contributed by atoms with Gasteiger partial charge in [0.25, 0.3) is 0 Å². The zero-order valence-corrected chi connectivity index (χ0v) is 16.7. The van der Waals surface area contributed by atoms with E-state index in [9.17, 15) is 45.4 Å². The van der Waals surface area contributed by atoms with Gasteiger partial charge in [-0.15, -0.1) is 0 Å². The average molecular weight is 463 g/mol. The number of hydrogen-bond acceptors (Lipinski definition) is 5. The van der Waals surface area contributed by atoms with Crippen LogP contribution in [0, 0.1) is 0 Å². The molecule has 0 spiro atoms. The molecule has 6 nitrogen and oxygen atoms in total. The summed E-state index contributed by atoms with van der Waals surface area (Å²) >= 11 is 0. The van der Waals surface area contributed by atoms with E-state index in [0.29, 0.717) is 6.07 Å². The molecule has 0 saturated carbocycles. The summed E-state index contributed by atoms with van der Waals surface area (Å²) in [6.45, 7) is 4.53. The lowest BCUT2D eigenvalue weighted by Gasteiger charge is -2.29. The Morgan fingerprint density at radius 3 is 2.06 bits per heavy atom. The van der Waals surface area contributed by atoms with Gasteiger partial charge in [0, 0.05) is 6.42 Å². The summed E-state index contributed by atoms with van der Waals surface area (Å²) in [4.78, 5) is 23.8. The molecule has 2 N–H and O–H groups in total. The van der Waals surface area contributed by atoms with Crippen molar-refractivity contribution in [3.63, 3.8) is 0 Å². The maximum atomic E-state index is 14.0. The van der Waals surface area contributed by atoms with Crippen molar-refractivity contribution in [3.8, 4) is 5.75 Å². The number of phenols is 1. The van der Waals surface area contributed by atoms with E-state index in [1.165, 1.54) is 20.8 Å². The Balaban J connectivity index is 3.28. The second-order valence-electron chi connectivity index (χ2n) is 7.42. The molecule has 0 aliphatic rings. The van der Waals surface area contributed by atoms with Crippen LogP contribution in [0.15, 0.2) is 18.2 Å². The van der Waals surface area contributed by atoms with Gasteiger partial charge in [0.2, 0.25) is 0 Å². The van der Waals surface area contributed by atoms with E-state index in [-0.39, 0.29) is 11.6 Å². The number of ether oxygens (including phenoxy) is 2. The molecule has 0 heterocycles. The van der Waals surface area contributed by atoms with Crippen LogP contribution in [-0.4, -0.2) is 48.0 Å². The van der Waals surface area contributed by atoms with Crippen molar-refractivity contribution in [2.24, 2.45) is 0 Å². The molecule has 1 aromatic rings. The summed E-state index contributed by atoms with van der Waals surface area (Å²) in [5.41, 5.74) is -3.35. The summed E-state index contributed by atoms with van der Waals surface area (Å²) in [5.74, 6) is -14.9. The number of carbonyl (C=O) groups is 2. The predicted octanol–water partition coefficient (Wildman–Crippen LogP) is 4.29. The number of rotatable bonds is 6. The van der Waals surface area contributed by atoms with Gasteiger partial charge >= 0.3 is 30.1 Å². The van der Waals surface area contributed by atoms with Gasteiger partial charge in [-0.2, -0.15) is 30.7 Å². The van der Waals surface area contributed by atoms with E-state index >= 15 is 0 Å². The zero-order valence-electron chi connectivity index (χ0n) is 16.7. The minimum atomic E-state index is -6.61. The Morgan fingerprint density at radius 1 is 1.06 bits per heavy atom. The summed E-state index contributed by atoms with van der Waals surface area (Å²) < 4.78 is 101. The number of carbonyl (C=O) groups excluding carboxylic acids is 2. The Bertz CT molecular complexity index is 818. The van der Waals surface area contributed by atoms with E-state index in [4.69, 9.17) is 4.74 Å². The van der Waals surface area contributed by atoms with Gasteiger partial charge in [0.15, 0.2) is 0 Å². The van der Waals surface area contributed by atoms with Crippen molar-refractivity contribution in [2.75, 3.05) is 7.11 Å². The van der Waals surface area contributed by atoms with Crippen molar-refractivity contribution in [1.82, 2.24) is 5.32 Å². The van der Waals surface area contributed by atoms with Gasteiger partial charge in [-0.05, 0) is 38.5 Å². The lowest BCUT2D eigenvalue weighted by molar-refractivity contribution is -0.359. The monoisotopic (exact) mass is 463 g/mol. The number of alkyl carbamates (subject to hydrolysis) is 1. The van der Waals surface area contributed by atoms with Crippen LogP contribution in [0.5, 0.6) is 5.75 Å². The van der Waals surface area contributed by atoms with Crippen LogP contribution in [0.25, 0.3) is 0 Å². The first-order valence-electron chi connectivity index (χ1n) is 8.55. The van der Waals surface area contributed by atoms with Crippen LogP contribution in [0.3, 0.4) is 0 Å². The number of esters is 1. The zero-order chi connectivity index (χ0) is 24.4. The SMILES string of the molecule is COC(=O)C(Cc1ccc(O)c(C(F)(F)C(F)(F)C(F)(F)F)c1)NC(=O)OC(C)(C)C.